The van der Waals surface area contributed by atoms with E-state index in [0.717, 1.165) is 10.8 Å². The molecule has 6 heteroatoms. The number of hydrogen-bond acceptors (Lipinski definition) is 4. The number of hydrogen-bond donors (Lipinski definition) is 0. The number of methoxy groups -OCH3 is 1. The number of nitro benzene ring substituents is 1. The minimum atomic E-state index is -0.471. The van der Waals surface area contributed by atoms with Crippen LogP contribution in [0, 0.1) is 15.5 Å². The number of nitrogens with zero attached hydrogens (tertiary/aromatic N) is 3. The topological polar surface area (TPSA) is 80.5 Å². The third-order valence-electron chi connectivity index (χ3n) is 3.68. The molecule has 112 valence electrons. The standard InChI is InChI=1S/C17H12N3O3/c1-23-17-14(19-18)9-10-15(20(21)22)16(17)13-8-4-6-11-5-2-3-7-12(11)13/h2-10H,1H3/q+1. The number of nitro groups is 1. The fourth-order valence-electron chi connectivity index (χ4n) is 2.70. The molecule has 23 heavy (non-hydrogen) atoms. The van der Waals surface area contributed by atoms with Crippen LogP contribution in [0.15, 0.2) is 54.6 Å². The summed E-state index contributed by atoms with van der Waals surface area (Å²) < 4.78 is 5.30. The van der Waals surface area contributed by atoms with Gasteiger partial charge in [0.05, 0.1) is 12.0 Å². The monoisotopic (exact) mass is 306 g/mol. The van der Waals surface area contributed by atoms with E-state index in [2.05, 4.69) is 4.98 Å². The van der Waals surface area contributed by atoms with E-state index >= 15 is 0 Å². The van der Waals surface area contributed by atoms with Gasteiger partial charge in [0.15, 0.2) is 4.98 Å². The molecular formula is C17H12N3O3+. The minimum absolute atomic E-state index is 0.106. The number of rotatable bonds is 3. The Hall–Kier alpha value is -3.46. The molecule has 0 spiro atoms. The maximum atomic E-state index is 11.5. The van der Waals surface area contributed by atoms with E-state index in [1.807, 2.05) is 36.4 Å². The van der Waals surface area contributed by atoms with Crippen molar-refractivity contribution < 1.29 is 9.66 Å². The van der Waals surface area contributed by atoms with Crippen molar-refractivity contribution >= 4 is 22.1 Å². The van der Waals surface area contributed by atoms with Gasteiger partial charge in [-0.3, -0.25) is 10.1 Å². The van der Waals surface area contributed by atoms with Crippen molar-refractivity contribution in [1.29, 1.82) is 5.39 Å². The molecule has 0 aliphatic heterocycles. The lowest BCUT2D eigenvalue weighted by Crippen LogP contribution is -1.96. The molecule has 3 rings (SSSR count). The van der Waals surface area contributed by atoms with Crippen LogP contribution in [0.3, 0.4) is 0 Å². The number of fused-ring (bicyclic) bond motifs is 1. The van der Waals surface area contributed by atoms with Crippen molar-refractivity contribution in [3.63, 3.8) is 0 Å². The van der Waals surface area contributed by atoms with Crippen LogP contribution in [0.2, 0.25) is 0 Å². The van der Waals surface area contributed by atoms with Gasteiger partial charge in [-0.2, -0.15) is 0 Å². The van der Waals surface area contributed by atoms with Crippen LogP contribution in [-0.2, 0) is 0 Å². The van der Waals surface area contributed by atoms with Crippen molar-refractivity contribution in [3.05, 3.63) is 69.7 Å². The van der Waals surface area contributed by atoms with E-state index in [9.17, 15) is 10.1 Å². The second-order valence-corrected chi connectivity index (χ2v) is 4.90. The fraction of sp³-hybridized carbons (Fsp3) is 0.0588. The molecule has 0 fully saturated rings. The van der Waals surface area contributed by atoms with Crippen LogP contribution in [-0.4, -0.2) is 12.0 Å². The highest BCUT2D eigenvalue weighted by molar-refractivity contribution is 6.01. The Morgan fingerprint density at radius 1 is 1.09 bits per heavy atom. The summed E-state index contributed by atoms with van der Waals surface area (Å²) in [6.07, 6.45) is 0. The van der Waals surface area contributed by atoms with Crippen LogP contribution in [0.1, 0.15) is 0 Å². The highest BCUT2D eigenvalue weighted by Gasteiger charge is 2.29. The third kappa shape index (κ3) is 2.34. The second kappa shape index (κ2) is 5.73. The molecule has 0 aliphatic carbocycles. The van der Waals surface area contributed by atoms with Gasteiger partial charge in [-0.05, 0) is 10.8 Å². The highest BCUT2D eigenvalue weighted by atomic mass is 16.6. The van der Waals surface area contributed by atoms with Gasteiger partial charge < -0.3 is 4.74 Å². The SMILES string of the molecule is COc1c([N+]#N)ccc([N+](=O)[O-])c1-c1cccc2ccccc12. The summed E-state index contributed by atoms with van der Waals surface area (Å²) in [5.74, 6) is 0.165. The predicted molar refractivity (Wildman–Crippen MR) is 87.3 cm³/mol. The van der Waals surface area contributed by atoms with Crippen molar-refractivity contribution in [2.75, 3.05) is 7.11 Å². The van der Waals surface area contributed by atoms with E-state index < -0.39 is 4.92 Å². The summed E-state index contributed by atoms with van der Waals surface area (Å²) in [7, 11) is 1.39. The normalized spacial score (nSPS) is 10.3. The number of benzene rings is 3. The lowest BCUT2D eigenvalue weighted by atomic mass is 9.95. The zero-order chi connectivity index (χ0) is 16.4. The predicted octanol–water partition coefficient (Wildman–Crippen LogP) is 4.91. The first-order valence-corrected chi connectivity index (χ1v) is 6.86. The van der Waals surface area contributed by atoms with Crippen molar-refractivity contribution in [1.82, 2.24) is 0 Å². The summed E-state index contributed by atoms with van der Waals surface area (Å²) >= 11 is 0. The van der Waals surface area contributed by atoms with Crippen LogP contribution in [0.4, 0.5) is 11.4 Å². The molecule has 0 N–H and O–H groups in total. The van der Waals surface area contributed by atoms with Crippen molar-refractivity contribution in [2.24, 2.45) is 0 Å². The van der Waals surface area contributed by atoms with Crippen LogP contribution >= 0.6 is 0 Å². The van der Waals surface area contributed by atoms with E-state index in [4.69, 9.17) is 10.1 Å². The molecule has 0 aliphatic rings. The first kappa shape index (κ1) is 14.5. The third-order valence-corrected chi connectivity index (χ3v) is 3.68. The maximum absolute atomic E-state index is 11.5. The van der Waals surface area contributed by atoms with E-state index in [1.54, 1.807) is 6.07 Å². The quantitative estimate of drug-likeness (QED) is 0.391. The fourth-order valence-corrected chi connectivity index (χ4v) is 2.70. The Bertz CT molecular complexity index is 956. The van der Waals surface area contributed by atoms with E-state index in [0.29, 0.717) is 11.1 Å². The Kier molecular flexibility index (Phi) is 3.61. The molecular weight excluding hydrogens is 294 g/mol. The van der Waals surface area contributed by atoms with Crippen molar-refractivity contribution in [2.45, 2.75) is 0 Å². The van der Waals surface area contributed by atoms with Gasteiger partial charge in [-0.1, -0.05) is 42.5 Å². The van der Waals surface area contributed by atoms with Gasteiger partial charge in [-0.15, -0.1) is 0 Å². The molecule has 3 aromatic carbocycles. The molecule has 0 unspecified atom stereocenters. The second-order valence-electron chi connectivity index (χ2n) is 4.90. The van der Waals surface area contributed by atoms with Gasteiger partial charge in [0.25, 0.3) is 5.69 Å². The Morgan fingerprint density at radius 3 is 2.52 bits per heavy atom. The minimum Gasteiger partial charge on any atom is -0.489 e. The summed E-state index contributed by atoms with van der Waals surface area (Å²) in [6, 6.07) is 15.8. The Balaban J connectivity index is 2.46. The van der Waals surface area contributed by atoms with Gasteiger partial charge in [0.1, 0.15) is 5.56 Å². The average Bonchev–Trinajstić information content (AvgIpc) is 2.59. The van der Waals surface area contributed by atoms with Crippen LogP contribution < -0.4 is 4.74 Å². The molecule has 0 saturated carbocycles. The zero-order valence-electron chi connectivity index (χ0n) is 12.3. The Labute approximate surface area is 131 Å². The number of ether oxygens (including phenoxy) is 1. The van der Waals surface area contributed by atoms with Crippen molar-refractivity contribution in [3.8, 4) is 16.9 Å². The van der Waals surface area contributed by atoms with E-state index in [-0.39, 0.29) is 17.1 Å². The maximum Gasteiger partial charge on any atom is 0.427 e. The first-order chi connectivity index (χ1) is 11.2. The van der Waals surface area contributed by atoms with Crippen LogP contribution in [0.25, 0.3) is 26.9 Å². The molecule has 0 heterocycles. The Morgan fingerprint density at radius 2 is 1.83 bits per heavy atom. The molecule has 0 amide bonds. The lowest BCUT2D eigenvalue weighted by Gasteiger charge is -2.10. The molecule has 0 aromatic heterocycles. The smallest absolute Gasteiger partial charge is 0.427 e. The summed E-state index contributed by atoms with van der Waals surface area (Å²) in [4.78, 5) is 14.1. The van der Waals surface area contributed by atoms with Gasteiger partial charge >= 0.3 is 5.69 Å². The van der Waals surface area contributed by atoms with Gasteiger partial charge in [-0.25, -0.2) is 0 Å². The lowest BCUT2D eigenvalue weighted by molar-refractivity contribution is -0.384. The summed E-state index contributed by atoms with van der Waals surface area (Å²) in [5.41, 5.74) is 0.980. The van der Waals surface area contributed by atoms with Crippen LogP contribution in [0.5, 0.6) is 5.75 Å². The first-order valence-electron chi connectivity index (χ1n) is 6.86. The van der Waals surface area contributed by atoms with E-state index in [1.165, 1.54) is 19.2 Å². The molecule has 0 atom stereocenters. The molecule has 0 bridgehead atoms. The highest BCUT2D eigenvalue weighted by Crippen LogP contribution is 2.46. The molecule has 3 aromatic rings. The summed E-state index contributed by atoms with van der Waals surface area (Å²) in [6.45, 7) is 0. The zero-order valence-corrected chi connectivity index (χ0v) is 12.3. The molecule has 0 saturated heterocycles. The van der Waals surface area contributed by atoms with Gasteiger partial charge in [0, 0.05) is 17.7 Å². The van der Waals surface area contributed by atoms with Gasteiger partial charge in [0.2, 0.25) is 11.1 Å². The molecule has 0 radical (unpaired) electrons. The number of diazo groups is 1. The molecule has 6 nitrogen and oxygen atoms in total. The summed E-state index contributed by atoms with van der Waals surface area (Å²) in [5, 5.41) is 22.4. The average molecular weight is 306 g/mol. The largest absolute Gasteiger partial charge is 0.489 e.